The summed E-state index contributed by atoms with van der Waals surface area (Å²) in [4.78, 5) is 12.0. The average molecular weight is 260 g/mol. The van der Waals surface area contributed by atoms with Crippen molar-refractivity contribution in [3.8, 4) is 0 Å². The minimum absolute atomic E-state index is 0.0730. The summed E-state index contributed by atoms with van der Waals surface area (Å²) in [6.07, 6.45) is 5.16. The summed E-state index contributed by atoms with van der Waals surface area (Å²) < 4.78 is 0. The van der Waals surface area contributed by atoms with Crippen LogP contribution in [0.2, 0.25) is 0 Å². The zero-order valence-corrected chi connectivity index (χ0v) is 11.6. The van der Waals surface area contributed by atoms with E-state index in [1.165, 1.54) is 12.8 Å². The third-order valence-corrected chi connectivity index (χ3v) is 3.81. The molecular formula is C16H24N2O. The van der Waals surface area contributed by atoms with Gasteiger partial charge in [0.1, 0.15) is 0 Å². The van der Waals surface area contributed by atoms with Crippen molar-refractivity contribution < 1.29 is 4.79 Å². The second-order valence-electron chi connectivity index (χ2n) is 5.57. The number of amides is 1. The topological polar surface area (TPSA) is 55.1 Å². The molecule has 1 aliphatic rings. The maximum Gasteiger partial charge on any atom is 0.222 e. The van der Waals surface area contributed by atoms with Crippen molar-refractivity contribution in [3.05, 3.63) is 35.9 Å². The standard InChI is InChI=1S/C16H24N2O/c1-2-14(10-12-8-9-12)18-16(19)11-15(17)13-6-4-3-5-7-13/h3-7,12,14-15H,2,8-11,17H2,1H3,(H,18,19). The highest BCUT2D eigenvalue weighted by Gasteiger charge is 2.25. The van der Waals surface area contributed by atoms with Gasteiger partial charge < -0.3 is 11.1 Å². The number of hydrogen-bond donors (Lipinski definition) is 2. The predicted octanol–water partition coefficient (Wildman–Crippen LogP) is 2.77. The summed E-state index contributed by atoms with van der Waals surface area (Å²) in [7, 11) is 0. The SMILES string of the molecule is CCC(CC1CC1)NC(=O)CC(N)c1ccccc1. The molecule has 3 N–H and O–H groups in total. The molecule has 2 unspecified atom stereocenters. The lowest BCUT2D eigenvalue weighted by molar-refractivity contribution is -0.122. The normalized spacial score (nSPS) is 17.8. The Bertz CT molecular complexity index is 400. The van der Waals surface area contributed by atoms with Gasteiger partial charge in [-0.3, -0.25) is 4.79 Å². The highest BCUT2D eigenvalue weighted by Crippen LogP contribution is 2.34. The number of rotatable bonds is 7. The van der Waals surface area contributed by atoms with Crippen LogP contribution < -0.4 is 11.1 Å². The van der Waals surface area contributed by atoms with Crippen LogP contribution in [0.25, 0.3) is 0 Å². The van der Waals surface area contributed by atoms with E-state index >= 15 is 0 Å². The van der Waals surface area contributed by atoms with Gasteiger partial charge in [0.25, 0.3) is 0 Å². The van der Waals surface area contributed by atoms with Crippen molar-refractivity contribution in [2.75, 3.05) is 0 Å². The molecule has 0 bridgehead atoms. The molecule has 0 spiro atoms. The first-order valence-electron chi connectivity index (χ1n) is 7.29. The molecule has 2 rings (SSSR count). The molecule has 1 fully saturated rings. The Morgan fingerprint density at radius 1 is 1.37 bits per heavy atom. The fourth-order valence-electron chi connectivity index (χ4n) is 2.39. The van der Waals surface area contributed by atoms with Crippen LogP contribution in [0.5, 0.6) is 0 Å². The van der Waals surface area contributed by atoms with E-state index in [1.54, 1.807) is 0 Å². The van der Waals surface area contributed by atoms with E-state index in [-0.39, 0.29) is 11.9 Å². The Kier molecular flexibility index (Phi) is 4.97. The minimum atomic E-state index is -0.209. The van der Waals surface area contributed by atoms with E-state index in [0.717, 1.165) is 24.3 Å². The van der Waals surface area contributed by atoms with Crippen molar-refractivity contribution in [1.29, 1.82) is 0 Å². The summed E-state index contributed by atoms with van der Waals surface area (Å²) in [5, 5.41) is 3.12. The van der Waals surface area contributed by atoms with Gasteiger partial charge in [0.15, 0.2) is 0 Å². The van der Waals surface area contributed by atoms with Gasteiger partial charge in [-0.05, 0) is 24.3 Å². The zero-order chi connectivity index (χ0) is 13.7. The highest BCUT2D eigenvalue weighted by atomic mass is 16.1. The molecule has 104 valence electrons. The van der Waals surface area contributed by atoms with Gasteiger partial charge in [0.05, 0.1) is 0 Å². The highest BCUT2D eigenvalue weighted by molar-refractivity contribution is 5.77. The third kappa shape index (κ3) is 4.67. The van der Waals surface area contributed by atoms with E-state index in [4.69, 9.17) is 5.73 Å². The van der Waals surface area contributed by atoms with Crippen LogP contribution in [-0.2, 0) is 4.79 Å². The van der Waals surface area contributed by atoms with E-state index in [2.05, 4.69) is 12.2 Å². The van der Waals surface area contributed by atoms with Gasteiger partial charge in [-0.15, -0.1) is 0 Å². The molecule has 1 aliphatic carbocycles. The quantitative estimate of drug-likeness (QED) is 0.792. The van der Waals surface area contributed by atoms with Gasteiger partial charge in [-0.1, -0.05) is 50.1 Å². The van der Waals surface area contributed by atoms with Crippen LogP contribution in [0.3, 0.4) is 0 Å². The smallest absolute Gasteiger partial charge is 0.222 e. The van der Waals surface area contributed by atoms with Gasteiger partial charge >= 0.3 is 0 Å². The Balaban J connectivity index is 1.79. The fourth-order valence-corrected chi connectivity index (χ4v) is 2.39. The average Bonchev–Trinajstić information content (AvgIpc) is 3.22. The Hall–Kier alpha value is -1.35. The second kappa shape index (κ2) is 6.71. The van der Waals surface area contributed by atoms with Crippen molar-refractivity contribution in [1.82, 2.24) is 5.32 Å². The molecule has 0 aliphatic heterocycles. The van der Waals surface area contributed by atoms with Crippen LogP contribution in [0.15, 0.2) is 30.3 Å². The van der Waals surface area contributed by atoms with Crippen molar-refractivity contribution >= 4 is 5.91 Å². The zero-order valence-electron chi connectivity index (χ0n) is 11.6. The van der Waals surface area contributed by atoms with Crippen LogP contribution >= 0.6 is 0 Å². The van der Waals surface area contributed by atoms with E-state index in [9.17, 15) is 4.79 Å². The molecule has 0 radical (unpaired) electrons. The first kappa shape index (κ1) is 14.1. The Morgan fingerprint density at radius 3 is 2.63 bits per heavy atom. The molecule has 3 heteroatoms. The first-order valence-corrected chi connectivity index (χ1v) is 7.29. The third-order valence-electron chi connectivity index (χ3n) is 3.81. The summed E-state index contributed by atoms with van der Waals surface area (Å²) in [5.41, 5.74) is 7.09. The van der Waals surface area contributed by atoms with Crippen molar-refractivity contribution in [3.63, 3.8) is 0 Å². The molecule has 0 saturated heterocycles. The Morgan fingerprint density at radius 2 is 2.05 bits per heavy atom. The summed E-state index contributed by atoms with van der Waals surface area (Å²) in [6, 6.07) is 9.92. The van der Waals surface area contributed by atoms with E-state index in [0.29, 0.717) is 12.5 Å². The Labute approximate surface area is 115 Å². The minimum Gasteiger partial charge on any atom is -0.353 e. The van der Waals surface area contributed by atoms with Gasteiger partial charge in [-0.2, -0.15) is 0 Å². The predicted molar refractivity (Wildman–Crippen MR) is 77.6 cm³/mol. The van der Waals surface area contributed by atoms with Crippen LogP contribution in [0.1, 0.15) is 50.6 Å². The molecule has 0 heterocycles. The summed E-state index contributed by atoms with van der Waals surface area (Å²) in [5.74, 6) is 0.914. The number of benzene rings is 1. The van der Waals surface area contributed by atoms with E-state index < -0.39 is 0 Å². The monoisotopic (exact) mass is 260 g/mol. The van der Waals surface area contributed by atoms with Crippen LogP contribution in [0.4, 0.5) is 0 Å². The molecule has 19 heavy (non-hydrogen) atoms. The first-order chi connectivity index (χ1) is 9.19. The van der Waals surface area contributed by atoms with Gasteiger partial charge in [-0.25, -0.2) is 0 Å². The van der Waals surface area contributed by atoms with Gasteiger partial charge in [0.2, 0.25) is 5.91 Å². The number of carbonyl (C=O) groups excluding carboxylic acids is 1. The molecule has 1 aromatic carbocycles. The van der Waals surface area contributed by atoms with Crippen LogP contribution in [0, 0.1) is 5.92 Å². The number of hydrogen-bond acceptors (Lipinski definition) is 2. The maximum atomic E-state index is 12.0. The lowest BCUT2D eigenvalue weighted by Gasteiger charge is -2.18. The number of carbonyl (C=O) groups is 1. The largest absolute Gasteiger partial charge is 0.353 e. The molecule has 0 aromatic heterocycles. The summed E-state index contributed by atoms with van der Waals surface area (Å²) >= 11 is 0. The molecule has 3 nitrogen and oxygen atoms in total. The molecule has 1 saturated carbocycles. The lowest BCUT2D eigenvalue weighted by atomic mass is 10.0. The summed E-state index contributed by atoms with van der Waals surface area (Å²) in [6.45, 7) is 2.13. The molecule has 1 amide bonds. The van der Waals surface area contributed by atoms with Crippen LogP contribution in [-0.4, -0.2) is 11.9 Å². The van der Waals surface area contributed by atoms with Crippen molar-refractivity contribution in [2.45, 2.75) is 51.1 Å². The second-order valence-corrected chi connectivity index (χ2v) is 5.57. The van der Waals surface area contributed by atoms with E-state index in [1.807, 2.05) is 30.3 Å². The molecule has 2 atom stereocenters. The number of nitrogens with one attached hydrogen (secondary N) is 1. The van der Waals surface area contributed by atoms with Crippen molar-refractivity contribution in [2.24, 2.45) is 11.7 Å². The maximum absolute atomic E-state index is 12.0. The lowest BCUT2D eigenvalue weighted by Crippen LogP contribution is -2.36. The fraction of sp³-hybridized carbons (Fsp3) is 0.562. The molecular weight excluding hydrogens is 236 g/mol. The molecule has 1 aromatic rings. The number of nitrogens with two attached hydrogens (primary N) is 1. The van der Waals surface area contributed by atoms with Gasteiger partial charge in [0, 0.05) is 18.5 Å².